The first-order valence-corrected chi connectivity index (χ1v) is 9.73. The molecule has 1 aromatic carbocycles. The summed E-state index contributed by atoms with van der Waals surface area (Å²) in [6.07, 6.45) is 3.59. The highest BCUT2D eigenvalue weighted by Crippen LogP contribution is 2.29. The molecule has 0 aliphatic rings. The zero-order valence-electron chi connectivity index (χ0n) is 17.1. The normalized spacial score (nSPS) is 11.4. The fraction of sp³-hybridized carbons (Fsp3) is 0.160. The lowest BCUT2D eigenvalue weighted by Gasteiger charge is -2.24. The van der Waals surface area contributed by atoms with E-state index in [2.05, 4.69) is 67.5 Å². The number of hydrogen-bond donors (Lipinski definition) is 0. The molecule has 0 N–H and O–H groups in total. The van der Waals surface area contributed by atoms with E-state index in [-0.39, 0.29) is 0 Å². The summed E-state index contributed by atoms with van der Waals surface area (Å²) in [5.74, 6) is 0. The molecular formula is C25H25N4+. The molecule has 0 aliphatic carbocycles. The van der Waals surface area contributed by atoms with Gasteiger partial charge in [-0.3, -0.25) is 9.97 Å². The Morgan fingerprint density at radius 2 is 1.17 bits per heavy atom. The van der Waals surface area contributed by atoms with E-state index in [4.69, 9.17) is 4.98 Å². The van der Waals surface area contributed by atoms with Crippen molar-refractivity contribution >= 4 is 0 Å². The summed E-state index contributed by atoms with van der Waals surface area (Å²) >= 11 is 0. The smallest absolute Gasteiger partial charge is 0.104 e. The van der Waals surface area contributed by atoms with Crippen molar-refractivity contribution in [2.45, 2.75) is 6.54 Å². The first kappa shape index (κ1) is 19.0. The van der Waals surface area contributed by atoms with Crippen LogP contribution < -0.4 is 0 Å². The van der Waals surface area contributed by atoms with Gasteiger partial charge in [-0.1, -0.05) is 36.4 Å². The largest absolute Gasteiger partial charge is 0.327 e. The standard InChI is InChI=1S/C25H25N4/c1-29(2,3)18-19-10-12-20(13-11-19)21-16-24(22-8-4-6-14-26-22)28-25(17-21)23-9-5-7-15-27-23/h4-17H,18H2,1-3H3/q+1. The summed E-state index contributed by atoms with van der Waals surface area (Å²) in [5, 5.41) is 0. The van der Waals surface area contributed by atoms with E-state index in [1.54, 1.807) is 12.4 Å². The monoisotopic (exact) mass is 381 g/mol. The van der Waals surface area contributed by atoms with Gasteiger partial charge in [0.15, 0.2) is 0 Å². The first-order chi connectivity index (χ1) is 14.0. The van der Waals surface area contributed by atoms with Gasteiger partial charge in [-0.25, -0.2) is 4.98 Å². The Morgan fingerprint density at radius 3 is 1.62 bits per heavy atom. The van der Waals surface area contributed by atoms with E-state index < -0.39 is 0 Å². The van der Waals surface area contributed by atoms with Crippen LogP contribution in [0.25, 0.3) is 33.9 Å². The van der Waals surface area contributed by atoms with Crippen LogP contribution in [-0.2, 0) is 6.54 Å². The topological polar surface area (TPSA) is 38.7 Å². The molecule has 0 aliphatic heterocycles. The molecule has 0 amide bonds. The minimum Gasteiger partial charge on any atom is -0.327 e. The van der Waals surface area contributed by atoms with Gasteiger partial charge in [0, 0.05) is 18.0 Å². The third-order valence-electron chi connectivity index (χ3n) is 4.62. The third kappa shape index (κ3) is 4.73. The van der Waals surface area contributed by atoms with Crippen molar-refractivity contribution in [3.63, 3.8) is 0 Å². The van der Waals surface area contributed by atoms with E-state index in [1.807, 2.05) is 36.4 Å². The summed E-state index contributed by atoms with van der Waals surface area (Å²) in [5.41, 5.74) is 7.00. The summed E-state index contributed by atoms with van der Waals surface area (Å²) in [6.45, 7) is 0.995. The Morgan fingerprint density at radius 1 is 0.621 bits per heavy atom. The lowest BCUT2D eigenvalue weighted by atomic mass is 10.0. The van der Waals surface area contributed by atoms with Crippen LogP contribution in [0.3, 0.4) is 0 Å². The molecule has 4 aromatic rings. The second-order valence-electron chi connectivity index (χ2n) is 8.20. The van der Waals surface area contributed by atoms with Crippen LogP contribution in [-0.4, -0.2) is 40.6 Å². The fourth-order valence-corrected chi connectivity index (χ4v) is 3.34. The van der Waals surface area contributed by atoms with E-state index in [1.165, 1.54) is 5.56 Å². The second-order valence-corrected chi connectivity index (χ2v) is 8.20. The summed E-state index contributed by atoms with van der Waals surface area (Å²) in [7, 11) is 6.61. The maximum absolute atomic E-state index is 4.84. The molecule has 0 bridgehead atoms. The molecule has 4 heteroatoms. The van der Waals surface area contributed by atoms with Gasteiger partial charge < -0.3 is 4.48 Å². The van der Waals surface area contributed by atoms with E-state index >= 15 is 0 Å². The van der Waals surface area contributed by atoms with Gasteiger partial charge in [0.05, 0.1) is 43.9 Å². The number of aromatic nitrogens is 3. The highest BCUT2D eigenvalue weighted by atomic mass is 15.3. The van der Waals surface area contributed by atoms with Gasteiger partial charge in [-0.2, -0.15) is 0 Å². The Labute approximate surface area is 172 Å². The summed E-state index contributed by atoms with van der Waals surface area (Å²) < 4.78 is 0.905. The van der Waals surface area contributed by atoms with Crippen molar-refractivity contribution in [3.05, 3.63) is 90.8 Å². The maximum Gasteiger partial charge on any atom is 0.104 e. The van der Waals surface area contributed by atoms with Crippen molar-refractivity contribution in [3.8, 4) is 33.9 Å². The average molecular weight is 382 g/mol. The van der Waals surface area contributed by atoms with E-state index in [0.29, 0.717) is 0 Å². The van der Waals surface area contributed by atoms with Crippen molar-refractivity contribution in [2.24, 2.45) is 0 Å². The summed E-state index contributed by atoms with van der Waals surface area (Å²) in [6, 6.07) is 24.8. The van der Waals surface area contributed by atoms with Gasteiger partial charge in [-0.15, -0.1) is 0 Å². The lowest BCUT2D eigenvalue weighted by Crippen LogP contribution is -2.33. The minimum absolute atomic E-state index is 0.846. The van der Waals surface area contributed by atoms with Crippen LogP contribution in [0, 0.1) is 0 Å². The molecule has 0 radical (unpaired) electrons. The number of quaternary nitrogens is 1. The van der Waals surface area contributed by atoms with E-state index in [0.717, 1.165) is 44.9 Å². The first-order valence-electron chi connectivity index (χ1n) is 9.73. The molecule has 0 spiro atoms. The van der Waals surface area contributed by atoms with Gasteiger partial charge >= 0.3 is 0 Å². The predicted molar refractivity (Wildman–Crippen MR) is 118 cm³/mol. The van der Waals surface area contributed by atoms with Crippen molar-refractivity contribution in [1.82, 2.24) is 15.0 Å². The summed E-state index contributed by atoms with van der Waals surface area (Å²) in [4.78, 5) is 13.8. The zero-order valence-corrected chi connectivity index (χ0v) is 17.1. The number of rotatable bonds is 5. The zero-order chi connectivity index (χ0) is 20.3. The van der Waals surface area contributed by atoms with Gasteiger partial charge in [0.1, 0.15) is 6.54 Å². The molecule has 0 saturated heterocycles. The number of hydrogen-bond acceptors (Lipinski definition) is 3. The van der Waals surface area contributed by atoms with Crippen LogP contribution in [0.5, 0.6) is 0 Å². The van der Waals surface area contributed by atoms with Crippen molar-refractivity contribution in [1.29, 1.82) is 0 Å². The Hall–Kier alpha value is -3.37. The van der Waals surface area contributed by atoms with Crippen LogP contribution >= 0.6 is 0 Å². The molecule has 144 valence electrons. The highest BCUT2D eigenvalue weighted by Gasteiger charge is 2.12. The fourth-order valence-electron chi connectivity index (χ4n) is 3.34. The van der Waals surface area contributed by atoms with Crippen molar-refractivity contribution in [2.75, 3.05) is 21.1 Å². The predicted octanol–water partition coefficient (Wildman–Crippen LogP) is 5.08. The molecule has 0 atom stereocenters. The molecule has 4 nitrogen and oxygen atoms in total. The SMILES string of the molecule is C[N+](C)(C)Cc1ccc(-c2cc(-c3ccccn3)nc(-c3ccccn3)c2)cc1. The van der Waals surface area contributed by atoms with Gasteiger partial charge in [0.2, 0.25) is 0 Å². The Kier molecular flexibility index (Phi) is 5.19. The number of pyridine rings is 3. The van der Waals surface area contributed by atoms with Gasteiger partial charge in [-0.05, 0) is 47.5 Å². The Balaban J connectivity index is 1.78. The lowest BCUT2D eigenvalue weighted by molar-refractivity contribution is -0.884. The van der Waals surface area contributed by atoms with Crippen LogP contribution in [0.1, 0.15) is 5.56 Å². The van der Waals surface area contributed by atoms with E-state index in [9.17, 15) is 0 Å². The van der Waals surface area contributed by atoms with Gasteiger partial charge in [0.25, 0.3) is 0 Å². The third-order valence-corrected chi connectivity index (χ3v) is 4.62. The molecule has 0 saturated carbocycles. The quantitative estimate of drug-likeness (QED) is 0.453. The molecular weight excluding hydrogens is 356 g/mol. The molecule has 0 fully saturated rings. The minimum atomic E-state index is 0.846. The van der Waals surface area contributed by atoms with Crippen LogP contribution in [0.4, 0.5) is 0 Å². The average Bonchev–Trinajstić information content (AvgIpc) is 2.74. The maximum atomic E-state index is 4.84. The van der Waals surface area contributed by atoms with Crippen LogP contribution in [0.15, 0.2) is 85.2 Å². The molecule has 3 aromatic heterocycles. The van der Waals surface area contributed by atoms with Crippen molar-refractivity contribution < 1.29 is 4.48 Å². The molecule has 3 heterocycles. The molecule has 4 rings (SSSR count). The number of benzene rings is 1. The molecule has 29 heavy (non-hydrogen) atoms. The Bertz CT molecular complexity index is 1030. The van der Waals surface area contributed by atoms with Crippen LogP contribution in [0.2, 0.25) is 0 Å². The highest BCUT2D eigenvalue weighted by molar-refractivity contribution is 5.74. The molecule has 0 unspecified atom stereocenters. The number of nitrogens with zero attached hydrogens (tertiary/aromatic N) is 4. The second kappa shape index (κ2) is 7.94.